The number of benzene rings is 1. The van der Waals surface area contributed by atoms with E-state index in [0.29, 0.717) is 16.8 Å². The second-order valence-electron chi connectivity index (χ2n) is 11.5. The van der Waals surface area contributed by atoms with E-state index in [1.165, 1.54) is 13.0 Å². The Hall–Kier alpha value is -4.87. The highest BCUT2D eigenvalue weighted by atomic mass is 16.6. The number of nitrogens with zero attached hydrogens (tertiary/aromatic N) is 1. The predicted molar refractivity (Wildman–Crippen MR) is 161 cm³/mol. The fourth-order valence-electron chi connectivity index (χ4n) is 5.00. The van der Waals surface area contributed by atoms with Gasteiger partial charge in [0.2, 0.25) is 17.7 Å². The van der Waals surface area contributed by atoms with Crippen molar-refractivity contribution in [3.63, 3.8) is 0 Å². The molecule has 0 unspecified atom stereocenters. The number of amides is 6. The summed E-state index contributed by atoms with van der Waals surface area (Å²) in [5.74, 6) is -5.13. The molecule has 1 aromatic carbocycles. The summed E-state index contributed by atoms with van der Waals surface area (Å²) in [6.45, 7) is 3.96. The third-order valence-corrected chi connectivity index (χ3v) is 7.59. The van der Waals surface area contributed by atoms with Gasteiger partial charge in [-0.1, -0.05) is 19.9 Å². The maximum atomic E-state index is 13.0. The first-order valence-corrected chi connectivity index (χ1v) is 14.8. The molecule has 2 aliphatic rings. The average molecular weight is 662 g/mol. The van der Waals surface area contributed by atoms with Gasteiger partial charge in [-0.3, -0.25) is 28.9 Å². The third kappa shape index (κ3) is 10.1. The van der Waals surface area contributed by atoms with E-state index in [0.717, 1.165) is 17.1 Å². The largest absolute Gasteiger partial charge is 0.479 e. The summed E-state index contributed by atoms with van der Waals surface area (Å²) in [6.07, 6.45) is -3.82. The Bertz CT molecular complexity index is 1410. The topological polar surface area (TPSA) is 264 Å². The molecule has 17 heteroatoms. The zero-order chi connectivity index (χ0) is 35.0. The zero-order valence-corrected chi connectivity index (χ0v) is 26.0. The lowest BCUT2D eigenvalue weighted by molar-refractivity contribution is -0.193. The second kappa shape index (κ2) is 16.1. The highest BCUT2D eigenvalue weighted by Gasteiger charge is 2.40. The number of nitrogens with two attached hydrogens (primary N) is 1. The number of imide groups is 1. The molecular weight excluding hydrogens is 622 g/mol. The van der Waals surface area contributed by atoms with Gasteiger partial charge in [0, 0.05) is 24.3 Å². The molecule has 6 atom stereocenters. The standard InChI is InChI=1S/C30H39N5O12/c1-14(2)25(34-22(38)12-35-23(39)8-9-24(35)40)28(42)32-15(3)27(41)33-18-6-4-17(13-46-30(31)45)16(10-18)5-7-21-19(36)11-20(37)26(47-21)29(43)44/h4,6,8-10,14-15,19-21,25-26,36-37H,5,7,11-13H2,1-3H3,(H2,31,45)(H,32,42)(H,33,41)(H,34,38)(H,43,44)/t15-,19+,20-,21-,25-,26-/m0/s1. The first-order valence-electron chi connectivity index (χ1n) is 14.8. The fraction of sp³-hybridized carbons (Fsp3) is 0.500. The van der Waals surface area contributed by atoms with E-state index in [4.69, 9.17) is 15.2 Å². The summed E-state index contributed by atoms with van der Waals surface area (Å²) in [5.41, 5.74) is 6.44. The van der Waals surface area contributed by atoms with Gasteiger partial charge in [0.15, 0.2) is 6.10 Å². The van der Waals surface area contributed by atoms with Crippen LogP contribution in [0.1, 0.15) is 44.7 Å². The van der Waals surface area contributed by atoms with Crippen molar-refractivity contribution in [3.8, 4) is 0 Å². The molecule has 47 heavy (non-hydrogen) atoms. The molecule has 0 bridgehead atoms. The lowest BCUT2D eigenvalue weighted by atomic mass is 9.93. The lowest BCUT2D eigenvalue weighted by Gasteiger charge is -2.35. The number of aliphatic hydroxyl groups is 2. The Labute approximate surface area is 269 Å². The van der Waals surface area contributed by atoms with Gasteiger partial charge >= 0.3 is 12.1 Å². The number of carbonyl (C=O) groups excluding carboxylic acids is 6. The van der Waals surface area contributed by atoms with Gasteiger partial charge in [0.1, 0.15) is 25.2 Å². The molecule has 0 aromatic heterocycles. The summed E-state index contributed by atoms with van der Waals surface area (Å²) < 4.78 is 10.3. The second-order valence-corrected chi connectivity index (χ2v) is 11.5. The van der Waals surface area contributed by atoms with Crippen LogP contribution in [0.5, 0.6) is 0 Å². The van der Waals surface area contributed by atoms with Crippen molar-refractivity contribution in [1.82, 2.24) is 15.5 Å². The van der Waals surface area contributed by atoms with Crippen LogP contribution in [0.15, 0.2) is 30.4 Å². The van der Waals surface area contributed by atoms with Crippen molar-refractivity contribution in [2.24, 2.45) is 11.7 Å². The highest BCUT2D eigenvalue weighted by Crippen LogP contribution is 2.26. The molecule has 17 nitrogen and oxygen atoms in total. The number of hydrogen-bond donors (Lipinski definition) is 7. The van der Waals surface area contributed by atoms with Crippen LogP contribution in [0.3, 0.4) is 0 Å². The van der Waals surface area contributed by atoms with Crippen LogP contribution in [0.25, 0.3) is 0 Å². The van der Waals surface area contributed by atoms with Crippen molar-refractivity contribution in [2.45, 2.75) is 83.1 Å². The van der Waals surface area contributed by atoms with Crippen molar-refractivity contribution in [1.29, 1.82) is 0 Å². The molecule has 2 heterocycles. The van der Waals surface area contributed by atoms with Gasteiger partial charge in [-0.05, 0) is 48.9 Å². The summed E-state index contributed by atoms with van der Waals surface area (Å²) >= 11 is 0. The first kappa shape index (κ1) is 36.6. The monoisotopic (exact) mass is 661 g/mol. The van der Waals surface area contributed by atoms with Crippen molar-refractivity contribution < 1.29 is 58.4 Å². The number of ether oxygens (including phenoxy) is 2. The van der Waals surface area contributed by atoms with E-state index >= 15 is 0 Å². The maximum Gasteiger partial charge on any atom is 0.404 e. The number of aliphatic hydroxyl groups excluding tert-OH is 2. The van der Waals surface area contributed by atoms with Gasteiger partial charge < -0.3 is 46.5 Å². The van der Waals surface area contributed by atoms with E-state index in [9.17, 15) is 48.9 Å². The van der Waals surface area contributed by atoms with E-state index in [-0.39, 0.29) is 25.9 Å². The molecule has 8 N–H and O–H groups in total. The maximum absolute atomic E-state index is 13.0. The van der Waals surface area contributed by atoms with Crippen LogP contribution in [0, 0.1) is 5.92 Å². The zero-order valence-electron chi connectivity index (χ0n) is 26.0. The molecule has 0 saturated carbocycles. The van der Waals surface area contributed by atoms with Gasteiger partial charge in [-0.15, -0.1) is 0 Å². The SMILES string of the molecule is CC(C)[C@H](NC(=O)CN1C(=O)C=CC1=O)C(=O)N[C@@H](C)C(=O)Nc1ccc(COC(N)=O)c(CC[C@@H]2O[C@H](C(=O)O)[C@@H](O)C[C@H]2O)c1. The van der Waals surface area contributed by atoms with E-state index in [2.05, 4.69) is 16.0 Å². The number of carbonyl (C=O) groups is 7. The fourth-order valence-corrected chi connectivity index (χ4v) is 5.00. The molecule has 1 fully saturated rings. The Morgan fingerprint density at radius 1 is 1.00 bits per heavy atom. The normalized spacial score (nSPS) is 22.0. The molecule has 256 valence electrons. The third-order valence-electron chi connectivity index (χ3n) is 7.59. The van der Waals surface area contributed by atoms with E-state index in [1.54, 1.807) is 26.0 Å². The molecule has 0 radical (unpaired) electrons. The minimum atomic E-state index is -1.51. The number of hydrogen-bond acceptors (Lipinski definition) is 11. The van der Waals surface area contributed by atoms with Crippen LogP contribution < -0.4 is 21.7 Å². The quantitative estimate of drug-likeness (QED) is 0.115. The van der Waals surface area contributed by atoms with Gasteiger partial charge in [-0.2, -0.15) is 0 Å². The molecule has 0 spiro atoms. The molecular formula is C30H39N5O12. The number of rotatable bonds is 14. The number of aliphatic carboxylic acids is 1. The smallest absolute Gasteiger partial charge is 0.404 e. The Morgan fingerprint density at radius 3 is 2.26 bits per heavy atom. The number of aryl methyl sites for hydroxylation is 1. The van der Waals surface area contributed by atoms with Gasteiger partial charge in [0.05, 0.1) is 18.3 Å². The van der Waals surface area contributed by atoms with Crippen LogP contribution in [0.2, 0.25) is 0 Å². The van der Waals surface area contributed by atoms with E-state index < -0.39 is 90.6 Å². The molecule has 1 aromatic rings. The van der Waals surface area contributed by atoms with Gasteiger partial charge in [0.25, 0.3) is 11.8 Å². The van der Waals surface area contributed by atoms with Crippen molar-refractivity contribution in [3.05, 3.63) is 41.5 Å². The number of anilines is 1. The molecule has 6 amide bonds. The minimum Gasteiger partial charge on any atom is -0.479 e. The molecule has 2 aliphatic heterocycles. The van der Waals surface area contributed by atoms with Crippen LogP contribution in [0.4, 0.5) is 10.5 Å². The number of primary amides is 1. The van der Waals surface area contributed by atoms with Crippen molar-refractivity contribution in [2.75, 3.05) is 11.9 Å². The van der Waals surface area contributed by atoms with Crippen LogP contribution in [-0.2, 0) is 51.3 Å². The van der Waals surface area contributed by atoms with E-state index in [1.807, 2.05) is 0 Å². The van der Waals surface area contributed by atoms with Crippen molar-refractivity contribution >= 4 is 47.3 Å². The number of carboxylic acid groups (broad SMARTS) is 1. The summed E-state index contributed by atoms with van der Waals surface area (Å²) in [7, 11) is 0. The first-order chi connectivity index (χ1) is 22.1. The highest BCUT2D eigenvalue weighted by molar-refractivity contribution is 6.14. The lowest BCUT2D eigenvalue weighted by Crippen LogP contribution is -2.55. The Morgan fingerprint density at radius 2 is 1.66 bits per heavy atom. The Balaban J connectivity index is 1.65. The summed E-state index contributed by atoms with van der Waals surface area (Å²) in [5, 5.41) is 37.3. The Kier molecular flexibility index (Phi) is 12.5. The van der Waals surface area contributed by atoms with Crippen LogP contribution >= 0.6 is 0 Å². The molecule has 3 rings (SSSR count). The number of carboxylic acids is 1. The molecule has 1 saturated heterocycles. The summed E-state index contributed by atoms with van der Waals surface area (Å²) in [6, 6.07) is 2.48. The number of nitrogens with one attached hydrogen (secondary N) is 3. The average Bonchev–Trinajstić information content (AvgIpc) is 3.30. The van der Waals surface area contributed by atoms with Gasteiger partial charge in [-0.25, -0.2) is 9.59 Å². The minimum absolute atomic E-state index is 0.115. The van der Waals surface area contributed by atoms with Crippen LogP contribution in [-0.4, -0.2) is 105 Å². The molecule has 0 aliphatic carbocycles. The predicted octanol–water partition coefficient (Wildman–Crippen LogP) is -1.31. The summed E-state index contributed by atoms with van der Waals surface area (Å²) in [4.78, 5) is 85.4.